The first-order valence-electron chi connectivity index (χ1n) is 8.49. The van der Waals surface area contributed by atoms with Crippen molar-refractivity contribution in [2.75, 3.05) is 13.1 Å². The molecule has 1 amide bonds. The van der Waals surface area contributed by atoms with Gasteiger partial charge in [-0.25, -0.2) is 0 Å². The van der Waals surface area contributed by atoms with Crippen molar-refractivity contribution in [3.63, 3.8) is 0 Å². The monoisotopic (exact) mass is 338 g/mol. The van der Waals surface area contributed by atoms with Crippen LogP contribution in [0.4, 0.5) is 0 Å². The molecule has 1 fully saturated rings. The molecule has 1 atom stereocenters. The Hall–Kier alpha value is -1.06. The minimum Gasteiger partial charge on any atom is -0.341 e. The average molecular weight is 339 g/mol. The minimum atomic E-state index is 0. The number of amides is 1. The molecule has 1 aliphatic rings. The lowest BCUT2D eigenvalue weighted by atomic mass is 9.86. The van der Waals surface area contributed by atoms with Gasteiger partial charge in [-0.3, -0.25) is 4.79 Å². The molecule has 1 saturated heterocycles. The molecule has 1 aromatic rings. The third-order valence-corrected chi connectivity index (χ3v) is 4.50. The predicted octanol–water partition coefficient (Wildman–Crippen LogP) is 3.68. The van der Waals surface area contributed by atoms with Crippen molar-refractivity contribution in [2.45, 2.75) is 64.3 Å². The van der Waals surface area contributed by atoms with Crippen molar-refractivity contribution in [1.29, 1.82) is 0 Å². The highest BCUT2D eigenvalue weighted by Crippen LogP contribution is 2.22. The van der Waals surface area contributed by atoms with Crippen LogP contribution in [0.3, 0.4) is 0 Å². The van der Waals surface area contributed by atoms with Gasteiger partial charge in [-0.2, -0.15) is 0 Å². The summed E-state index contributed by atoms with van der Waals surface area (Å²) in [4.78, 5) is 13.9. The van der Waals surface area contributed by atoms with Crippen LogP contribution in [0.1, 0.15) is 57.6 Å². The number of hydrogen-bond donors (Lipinski definition) is 1. The fourth-order valence-electron chi connectivity index (χ4n) is 2.95. The summed E-state index contributed by atoms with van der Waals surface area (Å²) in [5, 5.41) is 0. The zero-order chi connectivity index (χ0) is 16.2. The Kier molecular flexibility index (Phi) is 7.56. The van der Waals surface area contributed by atoms with Gasteiger partial charge in [-0.05, 0) is 42.2 Å². The van der Waals surface area contributed by atoms with Crippen LogP contribution in [-0.4, -0.2) is 29.9 Å². The van der Waals surface area contributed by atoms with E-state index < -0.39 is 0 Å². The Balaban J connectivity index is 0.00000264. The summed E-state index contributed by atoms with van der Waals surface area (Å²) in [5.41, 5.74) is 8.79. The van der Waals surface area contributed by atoms with E-state index in [0.717, 1.165) is 38.8 Å². The first kappa shape index (κ1) is 20.0. The zero-order valence-corrected chi connectivity index (χ0v) is 15.5. The first-order valence-corrected chi connectivity index (χ1v) is 8.49. The van der Waals surface area contributed by atoms with Gasteiger partial charge in [0, 0.05) is 25.6 Å². The van der Waals surface area contributed by atoms with Crippen molar-refractivity contribution >= 4 is 18.3 Å². The number of nitrogens with zero attached hydrogens (tertiary/aromatic N) is 1. The number of carbonyl (C=O) groups excluding carboxylic acids is 1. The van der Waals surface area contributed by atoms with Gasteiger partial charge in [-0.15, -0.1) is 12.4 Å². The van der Waals surface area contributed by atoms with E-state index in [0.29, 0.717) is 6.42 Å². The number of rotatable bonds is 5. The summed E-state index contributed by atoms with van der Waals surface area (Å²) >= 11 is 0. The second-order valence-electron chi connectivity index (χ2n) is 7.54. The standard InChI is InChI=1S/C19H30N2O.ClH/c1-19(2,3)16-10-8-15(9-11-16)6-4-5-7-18(22)21-13-12-17(20)14-21;/h8-11,17H,4-7,12-14,20H2,1-3H3;1H/t17-;/m1./s1. The number of benzene rings is 1. The number of halogens is 1. The lowest BCUT2D eigenvalue weighted by Gasteiger charge is -2.19. The summed E-state index contributed by atoms with van der Waals surface area (Å²) in [6, 6.07) is 9.09. The molecule has 23 heavy (non-hydrogen) atoms. The summed E-state index contributed by atoms with van der Waals surface area (Å²) in [7, 11) is 0. The van der Waals surface area contributed by atoms with Gasteiger partial charge < -0.3 is 10.6 Å². The molecule has 0 radical (unpaired) electrons. The summed E-state index contributed by atoms with van der Waals surface area (Å²) in [6.45, 7) is 8.29. The zero-order valence-electron chi connectivity index (χ0n) is 14.7. The van der Waals surface area contributed by atoms with Gasteiger partial charge in [-0.1, -0.05) is 45.0 Å². The van der Waals surface area contributed by atoms with E-state index in [9.17, 15) is 4.79 Å². The molecule has 0 spiro atoms. The first-order chi connectivity index (χ1) is 10.4. The lowest BCUT2D eigenvalue weighted by Crippen LogP contribution is -2.31. The van der Waals surface area contributed by atoms with E-state index in [1.165, 1.54) is 11.1 Å². The van der Waals surface area contributed by atoms with Crippen LogP contribution >= 0.6 is 12.4 Å². The molecule has 4 heteroatoms. The fraction of sp³-hybridized carbons (Fsp3) is 0.632. The van der Waals surface area contributed by atoms with Crippen molar-refractivity contribution in [3.8, 4) is 0 Å². The van der Waals surface area contributed by atoms with Crippen LogP contribution in [0.2, 0.25) is 0 Å². The van der Waals surface area contributed by atoms with Gasteiger partial charge in [0.2, 0.25) is 5.91 Å². The maximum atomic E-state index is 12.0. The predicted molar refractivity (Wildman–Crippen MR) is 99.1 cm³/mol. The van der Waals surface area contributed by atoms with Crippen LogP contribution in [0.25, 0.3) is 0 Å². The van der Waals surface area contributed by atoms with E-state index >= 15 is 0 Å². The quantitative estimate of drug-likeness (QED) is 0.832. The summed E-state index contributed by atoms with van der Waals surface area (Å²) in [6.07, 6.45) is 4.70. The van der Waals surface area contributed by atoms with E-state index in [4.69, 9.17) is 5.73 Å². The van der Waals surface area contributed by atoms with Crippen LogP contribution in [-0.2, 0) is 16.6 Å². The molecule has 130 valence electrons. The largest absolute Gasteiger partial charge is 0.341 e. The molecule has 0 aliphatic carbocycles. The number of unbranched alkanes of at least 4 members (excludes halogenated alkanes) is 1. The lowest BCUT2D eigenvalue weighted by molar-refractivity contribution is -0.130. The molecule has 1 aromatic carbocycles. The van der Waals surface area contributed by atoms with Crippen LogP contribution in [0.15, 0.2) is 24.3 Å². The second-order valence-corrected chi connectivity index (χ2v) is 7.54. The van der Waals surface area contributed by atoms with Crippen LogP contribution < -0.4 is 5.73 Å². The normalized spacial score (nSPS) is 17.9. The number of aryl methyl sites for hydroxylation is 1. The highest BCUT2D eigenvalue weighted by Gasteiger charge is 2.22. The summed E-state index contributed by atoms with van der Waals surface area (Å²) < 4.78 is 0. The van der Waals surface area contributed by atoms with E-state index in [-0.39, 0.29) is 29.8 Å². The molecule has 3 nitrogen and oxygen atoms in total. The van der Waals surface area contributed by atoms with Gasteiger partial charge in [0.1, 0.15) is 0 Å². The maximum Gasteiger partial charge on any atom is 0.222 e. The molecule has 0 aromatic heterocycles. The van der Waals surface area contributed by atoms with Gasteiger partial charge in [0.05, 0.1) is 0 Å². The smallest absolute Gasteiger partial charge is 0.222 e. The van der Waals surface area contributed by atoms with E-state index in [1.807, 2.05) is 4.90 Å². The highest BCUT2D eigenvalue weighted by molar-refractivity contribution is 5.85. The molecule has 1 aliphatic heterocycles. The molecule has 0 bridgehead atoms. The van der Waals surface area contributed by atoms with E-state index in [1.54, 1.807) is 0 Å². The molecule has 0 unspecified atom stereocenters. The van der Waals surface area contributed by atoms with Gasteiger partial charge in [0.15, 0.2) is 0 Å². The number of nitrogens with two attached hydrogens (primary N) is 1. The molecule has 2 rings (SSSR count). The van der Waals surface area contributed by atoms with Crippen LogP contribution in [0, 0.1) is 0 Å². The summed E-state index contributed by atoms with van der Waals surface area (Å²) in [5.74, 6) is 0.274. The highest BCUT2D eigenvalue weighted by atomic mass is 35.5. The van der Waals surface area contributed by atoms with Crippen LogP contribution in [0.5, 0.6) is 0 Å². The Morgan fingerprint density at radius 1 is 1.22 bits per heavy atom. The Morgan fingerprint density at radius 3 is 2.39 bits per heavy atom. The molecule has 1 heterocycles. The van der Waals surface area contributed by atoms with Crippen molar-refractivity contribution < 1.29 is 4.79 Å². The minimum absolute atomic E-state index is 0. The number of likely N-dealkylation sites (tertiary alicyclic amines) is 1. The molecular weight excluding hydrogens is 308 g/mol. The SMILES string of the molecule is CC(C)(C)c1ccc(CCCCC(=O)N2CC[C@@H](N)C2)cc1.Cl. The molecular formula is C19H31ClN2O. The third kappa shape index (κ3) is 6.15. The second kappa shape index (κ2) is 8.70. The van der Waals surface area contributed by atoms with Crippen molar-refractivity contribution in [2.24, 2.45) is 5.73 Å². The average Bonchev–Trinajstić information content (AvgIpc) is 2.89. The molecule has 0 saturated carbocycles. The Bertz CT molecular complexity index is 493. The van der Waals surface area contributed by atoms with Gasteiger partial charge in [0.25, 0.3) is 0 Å². The Labute approximate surface area is 147 Å². The Morgan fingerprint density at radius 2 is 1.87 bits per heavy atom. The van der Waals surface area contributed by atoms with E-state index in [2.05, 4.69) is 45.0 Å². The van der Waals surface area contributed by atoms with Crippen molar-refractivity contribution in [3.05, 3.63) is 35.4 Å². The van der Waals surface area contributed by atoms with Gasteiger partial charge >= 0.3 is 0 Å². The number of carbonyl (C=O) groups is 1. The topological polar surface area (TPSA) is 46.3 Å². The maximum absolute atomic E-state index is 12.0. The van der Waals surface area contributed by atoms with Crippen molar-refractivity contribution in [1.82, 2.24) is 4.90 Å². The third-order valence-electron chi connectivity index (χ3n) is 4.50. The fourth-order valence-corrected chi connectivity index (χ4v) is 2.95. The molecule has 2 N–H and O–H groups in total. The number of hydrogen-bond acceptors (Lipinski definition) is 2.